The highest BCUT2D eigenvalue weighted by Gasteiger charge is 2.35. The lowest BCUT2D eigenvalue weighted by Crippen LogP contribution is -2.35. The molecule has 0 aliphatic carbocycles. The molecule has 0 saturated carbocycles. The minimum atomic E-state index is 0.347. The van der Waals surface area contributed by atoms with Crippen LogP contribution in [-0.4, -0.2) is 37.3 Å². The highest BCUT2D eigenvalue weighted by Crippen LogP contribution is 2.29. The van der Waals surface area contributed by atoms with E-state index in [4.69, 9.17) is 4.74 Å². The maximum atomic E-state index is 5.46. The maximum Gasteiger partial charge on any atom is 0.133 e. The van der Waals surface area contributed by atoms with Gasteiger partial charge in [0.05, 0.1) is 6.10 Å². The predicted octanol–water partition coefficient (Wildman–Crippen LogP) is 0.778. The monoisotopic (exact) mass is 219 g/mol. The molecule has 16 heavy (non-hydrogen) atoms. The molecule has 0 spiro atoms. The molecule has 4 nitrogen and oxygen atoms in total. The summed E-state index contributed by atoms with van der Waals surface area (Å²) in [6, 6.07) is 4.68. The van der Waals surface area contributed by atoms with Gasteiger partial charge in [-0.25, -0.2) is 4.98 Å². The van der Waals surface area contributed by atoms with Crippen molar-refractivity contribution in [3.05, 3.63) is 23.9 Å². The van der Waals surface area contributed by atoms with Crippen molar-refractivity contribution >= 4 is 5.82 Å². The molecule has 1 aromatic rings. The molecular formula is C12H17N3O. The Kier molecular flexibility index (Phi) is 2.53. The second-order valence-electron chi connectivity index (χ2n) is 4.52. The zero-order chi connectivity index (χ0) is 11.0. The van der Waals surface area contributed by atoms with Crippen LogP contribution in [0.1, 0.15) is 12.0 Å². The topological polar surface area (TPSA) is 37.4 Å². The lowest BCUT2D eigenvalue weighted by atomic mass is 10.2. The molecule has 1 N–H and O–H groups in total. The van der Waals surface area contributed by atoms with Crippen molar-refractivity contribution in [2.45, 2.75) is 25.1 Å². The van der Waals surface area contributed by atoms with E-state index in [1.807, 2.05) is 12.3 Å². The van der Waals surface area contributed by atoms with Crippen LogP contribution < -0.4 is 10.2 Å². The average molecular weight is 219 g/mol. The summed E-state index contributed by atoms with van der Waals surface area (Å²) in [5.74, 6) is 1.14. The number of methoxy groups -OCH3 is 1. The number of hydrogen-bond donors (Lipinski definition) is 1. The van der Waals surface area contributed by atoms with Crippen molar-refractivity contribution < 1.29 is 4.74 Å². The minimum absolute atomic E-state index is 0.347. The molecule has 0 amide bonds. The van der Waals surface area contributed by atoms with Gasteiger partial charge in [0, 0.05) is 44.5 Å². The van der Waals surface area contributed by atoms with Gasteiger partial charge in [0.25, 0.3) is 0 Å². The number of aromatic nitrogens is 1. The van der Waals surface area contributed by atoms with Gasteiger partial charge in [-0.15, -0.1) is 0 Å². The van der Waals surface area contributed by atoms with Crippen LogP contribution in [0, 0.1) is 0 Å². The van der Waals surface area contributed by atoms with Gasteiger partial charge in [-0.05, 0) is 12.5 Å². The molecule has 86 valence electrons. The van der Waals surface area contributed by atoms with E-state index in [1.54, 1.807) is 7.11 Å². The predicted molar refractivity (Wildman–Crippen MR) is 62.5 cm³/mol. The van der Waals surface area contributed by atoms with Gasteiger partial charge in [-0.2, -0.15) is 0 Å². The van der Waals surface area contributed by atoms with Crippen LogP contribution in [-0.2, 0) is 11.3 Å². The number of nitrogens with one attached hydrogen (secondary N) is 1. The fourth-order valence-electron chi connectivity index (χ4n) is 2.70. The molecule has 0 radical (unpaired) electrons. The fraction of sp³-hybridized carbons (Fsp3) is 0.583. The second kappa shape index (κ2) is 4.03. The quantitative estimate of drug-likeness (QED) is 0.757. The van der Waals surface area contributed by atoms with E-state index < -0.39 is 0 Å². The number of fused-ring (bicyclic) bond motifs is 3. The highest BCUT2D eigenvalue weighted by atomic mass is 16.5. The summed E-state index contributed by atoms with van der Waals surface area (Å²) < 4.78 is 5.46. The van der Waals surface area contributed by atoms with Crippen molar-refractivity contribution in [1.29, 1.82) is 0 Å². The Hall–Kier alpha value is -1.13. The van der Waals surface area contributed by atoms with Crippen LogP contribution in [0.5, 0.6) is 0 Å². The van der Waals surface area contributed by atoms with E-state index in [-0.39, 0.29) is 0 Å². The molecule has 1 aromatic heterocycles. The van der Waals surface area contributed by atoms with Crippen LogP contribution >= 0.6 is 0 Å². The third-order valence-corrected chi connectivity index (χ3v) is 3.54. The minimum Gasteiger partial charge on any atom is -0.380 e. The van der Waals surface area contributed by atoms with Crippen LogP contribution in [0.15, 0.2) is 18.3 Å². The van der Waals surface area contributed by atoms with E-state index in [9.17, 15) is 0 Å². The van der Waals surface area contributed by atoms with E-state index in [1.165, 1.54) is 5.56 Å². The van der Waals surface area contributed by atoms with E-state index in [2.05, 4.69) is 21.3 Å². The molecule has 2 atom stereocenters. The lowest BCUT2D eigenvalue weighted by Gasteiger charge is -2.23. The van der Waals surface area contributed by atoms with E-state index in [0.29, 0.717) is 12.1 Å². The number of rotatable bonds is 1. The average Bonchev–Trinajstić information content (AvgIpc) is 2.66. The number of ether oxygens (including phenoxy) is 1. The number of pyridine rings is 1. The molecule has 3 heterocycles. The standard InChI is InChI=1S/C12H17N3O/c1-16-11-5-10-7-13-6-9-3-2-4-14-12(9)15(10)8-11/h2-4,10-11,13H,5-8H2,1H3/t10-,11-/m1/s1. The molecule has 3 rings (SSSR count). The highest BCUT2D eigenvalue weighted by molar-refractivity contribution is 5.50. The Bertz CT molecular complexity index is 382. The van der Waals surface area contributed by atoms with Crippen molar-refractivity contribution in [3.8, 4) is 0 Å². The van der Waals surface area contributed by atoms with Crippen LogP contribution in [0.3, 0.4) is 0 Å². The first-order valence-electron chi connectivity index (χ1n) is 5.82. The molecule has 1 saturated heterocycles. The van der Waals surface area contributed by atoms with Crippen molar-refractivity contribution in [2.24, 2.45) is 0 Å². The van der Waals surface area contributed by atoms with E-state index >= 15 is 0 Å². The number of nitrogens with zero attached hydrogens (tertiary/aromatic N) is 2. The largest absolute Gasteiger partial charge is 0.380 e. The SMILES string of the molecule is CO[C@@H]1C[C@@H]2CNCc3cccnc3N2C1. The van der Waals surface area contributed by atoms with Crippen LogP contribution in [0.25, 0.3) is 0 Å². The zero-order valence-corrected chi connectivity index (χ0v) is 9.52. The van der Waals surface area contributed by atoms with Gasteiger partial charge in [0.15, 0.2) is 0 Å². The van der Waals surface area contributed by atoms with Crippen molar-refractivity contribution in [3.63, 3.8) is 0 Å². The third-order valence-electron chi connectivity index (χ3n) is 3.54. The molecule has 2 aliphatic rings. The van der Waals surface area contributed by atoms with Gasteiger partial charge in [0.1, 0.15) is 5.82 Å². The van der Waals surface area contributed by atoms with Gasteiger partial charge in [-0.3, -0.25) is 0 Å². The Labute approximate surface area is 95.6 Å². The first kappa shape index (κ1) is 10.1. The second-order valence-corrected chi connectivity index (χ2v) is 4.52. The van der Waals surface area contributed by atoms with Gasteiger partial charge in [-0.1, -0.05) is 6.07 Å². The molecule has 1 fully saturated rings. The van der Waals surface area contributed by atoms with Gasteiger partial charge < -0.3 is 15.0 Å². The Morgan fingerprint density at radius 2 is 2.50 bits per heavy atom. The lowest BCUT2D eigenvalue weighted by molar-refractivity contribution is 0.118. The summed E-state index contributed by atoms with van der Waals surface area (Å²) >= 11 is 0. The van der Waals surface area contributed by atoms with Gasteiger partial charge >= 0.3 is 0 Å². The Morgan fingerprint density at radius 3 is 3.38 bits per heavy atom. The smallest absolute Gasteiger partial charge is 0.133 e. The Morgan fingerprint density at radius 1 is 1.56 bits per heavy atom. The summed E-state index contributed by atoms with van der Waals surface area (Å²) in [5.41, 5.74) is 1.29. The van der Waals surface area contributed by atoms with Gasteiger partial charge in [0.2, 0.25) is 0 Å². The fourth-order valence-corrected chi connectivity index (χ4v) is 2.70. The third kappa shape index (κ3) is 1.58. The first-order valence-corrected chi connectivity index (χ1v) is 5.82. The summed E-state index contributed by atoms with van der Waals surface area (Å²) in [6.45, 7) is 2.91. The first-order chi connectivity index (χ1) is 7.88. The van der Waals surface area contributed by atoms with E-state index in [0.717, 1.165) is 31.9 Å². The number of anilines is 1. The van der Waals surface area contributed by atoms with Crippen LogP contribution in [0.2, 0.25) is 0 Å². The molecule has 2 aliphatic heterocycles. The van der Waals surface area contributed by atoms with Crippen molar-refractivity contribution in [2.75, 3.05) is 25.1 Å². The molecule has 0 unspecified atom stereocenters. The number of hydrogen-bond acceptors (Lipinski definition) is 4. The zero-order valence-electron chi connectivity index (χ0n) is 9.52. The molecule has 0 aromatic carbocycles. The summed E-state index contributed by atoms with van der Waals surface area (Å²) in [5, 5.41) is 3.48. The molecule has 0 bridgehead atoms. The van der Waals surface area contributed by atoms with Crippen molar-refractivity contribution in [1.82, 2.24) is 10.3 Å². The summed E-state index contributed by atoms with van der Waals surface area (Å²) in [4.78, 5) is 6.91. The summed E-state index contributed by atoms with van der Waals surface area (Å²) in [7, 11) is 1.80. The Balaban J connectivity index is 1.95. The molecule has 4 heteroatoms. The normalized spacial score (nSPS) is 28.4. The van der Waals surface area contributed by atoms with Crippen LogP contribution in [0.4, 0.5) is 5.82 Å². The maximum absolute atomic E-state index is 5.46. The molecular weight excluding hydrogens is 202 g/mol. The summed E-state index contributed by atoms with van der Waals surface area (Å²) in [6.07, 6.45) is 3.32.